The molecular weight excluding hydrogens is 1080 g/mol. The Bertz CT molecular complexity index is 3690. The van der Waals surface area contributed by atoms with E-state index in [0.29, 0.717) is 85.9 Å². The number of aromatic amines is 1. The zero-order valence-corrected chi connectivity index (χ0v) is 45.8. The summed E-state index contributed by atoms with van der Waals surface area (Å²) in [4.78, 5) is 45.9. The smallest absolute Gasteiger partial charge is 0.417 e. The maximum absolute atomic E-state index is 16.0. The Morgan fingerprint density at radius 1 is 0.976 bits per heavy atom. The molecule has 8 heterocycles. The third kappa shape index (κ3) is 10.6. The van der Waals surface area contributed by atoms with Crippen molar-refractivity contribution in [2.75, 3.05) is 44.4 Å². The fraction of sp³-hybridized carbons (Fsp3) is 0.390. The van der Waals surface area contributed by atoms with Crippen molar-refractivity contribution in [3.63, 3.8) is 0 Å². The van der Waals surface area contributed by atoms with Crippen LogP contribution in [-0.4, -0.2) is 126 Å². The second kappa shape index (κ2) is 22.5. The summed E-state index contributed by atoms with van der Waals surface area (Å²) in [7, 11) is 0. The van der Waals surface area contributed by atoms with Crippen LogP contribution in [-0.2, 0) is 27.1 Å². The van der Waals surface area contributed by atoms with E-state index in [1.54, 1.807) is 53.8 Å². The number of amides is 2. The van der Waals surface area contributed by atoms with Gasteiger partial charge in [-0.25, -0.2) is 9.07 Å². The predicted octanol–water partition coefficient (Wildman–Crippen LogP) is 9.34. The molecule has 18 nitrogen and oxygen atoms in total. The first-order valence-corrected chi connectivity index (χ1v) is 27.9. The number of likely N-dealkylation sites (tertiary alicyclic amines) is 1. The normalized spacial score (nSPS) is 19.2. The van der Waals surface area contributed by atoms with Crippen molar-refractivity contribution in [2.24, 2.45) is 5.92 Å². The number of benzene rings is 4. The fourth-order valence-corrected chi connectivity index (χ4v) is 12.2. The van der Waals surface area contributed by atoms with Gasteiger partial charge in [-0.3, -0.25) is 19.7 Å². The van der Waals surface area contributed by atoms with Gasteiger partial charge in [0, 0.05) is 90.0 Å². The molecule has 23 heteroatoms. The molecule has 0 aliphatic carbocycles. The number of carbonyl (C=O) groups is 2. The number of alkyl halides is 3. The number of piperazine rings is 1. The molecule has 426 valence electrons. The molecular formula is C59H59ClF4N12O6. The molecule has 2 bridgehead atoms. The quantitative estimate of drug-likeness (QED) is 0.0665. The number of halogens is 5. The first-order chi connectivity index (χ1) is 39.6. The Hall–Kier alpha value is -7.79. The number of hydrogen-bond acceptors (Lipinski definition) is 14. The summed E-state index contributed by atoms with van der Waals surface area (Å²) in [6.07, 6.45) is 3.94. The van der Waals surface area contributed by atoms with Crippen molar-refractivity contribution in [2.45, 2.75) is 102 Å². The molecule has 0 spiro atoms. The zero-order valence-electron chi connectivity index (χ0n) is 45.1. The van der Waals surface area contributed by atoms with Gasteiger partial charge in [0.1, 0.15) is 47.6 Å². The molecule has 5 atom stereocenters. The number of ether oxygens (including phenoxy) is 3. The van der Waals surface area contributed by atoms with E-state index in [9.17, 15) is 14.7 Å². The fourth-order valence-electron chi connectivity index (χ4n) is 12.0. The Labute approximate surface area is 473 Å². The molecule has 8 aromatic rings. The number of aliphatic hydroxyl groups excluding tert-OH is 1. The molecule has 4 aliphatic heterocycles. The first kappa shape index (κ1) is 54.8. The number of aromatic nitrogens is 8. The monoisotopic (exact) mass is 1140 g/mol. The molecule has 2 amide bonds. The number of nitrogens with one attached hydrogen (secondary N) is 3. The number of fused-ring (bicyclic) bond motifs is 4. The van der Waals surface area contributed by atoms with E-state index < -0.39 is 41.2 Å². The van der Waals surface area contributed by atoms with Gasteiger partial charge in [-0.1, -0.05) is 79.2 Å². The molecule has 0 radical (unpaired) electrons. The highest BCUT2D eigenvalue weighted by Gasteiger charge is 2.44. The topological polar surface area (TPSA) is 211 Å². The lowest BCUT2D eigenvalue weighted by molar-refractivity contribution is -0.142. The van der Waals surface area contributed by atoms with Crippen LogP contribution in [0, 0.1) is 18.7 Å². The SMILES string of the molecule is Cc1c(F)cc2[nH]ncc2c1-c1c(C(F)(F)F)cc2c(N3CC4C[C@H]3CN4)nc(OC3CCOCC3)nc2c1OCc1ccc(-c2cn([C@H](C(=O)N3CCC[C@H]3C(=O)N[C@@H](CO)c3ccc(-c4ccncc4Cl)cc3)C(C)C)nn2)cc1. The van der Waals surface area contributed by atoms with E-state index in [0.717, 1.165) is 23.6 Å². The van der Waals surface area contributed by atoms with E-state index in [-0.39, 0.29) is 99.6 Å². The Morgan fingerprint density at radius 2 is 1.76 bits per heavy atom. The number of anilines is 1. The molecule has 4 saturated heterocycles. The van der Waals surface area contributed by atoms with E-state index >= 15 is 17.6 Å². The molecule has 1 unspecified atom stereocenters. The third-order valence-corrected chi connectivity index (χ3v) is 16.5. The van der Waals surface area contributed by atoms with Crippen molar-refractivity contribution in [3.05, 3.63) is 125 Å². The minimum absolute atomic E-state index is 0.0201. The lowest BCUT2D eigenvalue weighted by Gasteiger charge is -2.31. The standard InChI is InChI=1S/C59H59ClF4N12O6/c1-31(2)53(57(79)74-18-4-5-49(74)56(78)68-48(29-77)36-12-10-34(11-13-36)40-14-17-65-26-44(40)60)76-28-47(72-73-76)35-8-6-33(7-9-35)30-81-54-51(50-32(3)45(61)23-46-42(50)25-67-71-46)43(59(62,63)64)22-41-52(54)69-58(82-39-15-19-80-20-16-39)70-55(41)75-27-37-21-38(75)24-66-37/h6-14,17,22-23,25-26,28,31,37-39,48-49,53,66,77H,4-5,15-16,18-21,24,27,29-30H2,1-3H3,(H,67,71)(H,68,78)/t37?,38-,48-,49-,53-/m0/s1. The first-order valence-electron chi connectivity index (χ1n) is 27.5. The van der Waals surface area contributed by atoms with Gasteiger partial charge < -0.3 is 39.8 Å². The highest BCUT2D eigenvalue weighted by atomic mass is 35.5. The molecule has 82 heavy (non-hydrogen) atoms. The van der Waals surface area contributed by atoms with Crippen molar-refractivity contribution in [3.8, 4) is 45.3 Å². The number of carbonyl (C=O) groups excluding carboxylic acids is 2. The van der Waals surface area contributed by atoms with Crippen molar-refractivity contribution in [1.29, 1.82) is 0 Å². The predicted molar refractivity (Wildman–Crippen MR) is 297 cm³/mol. The summed E-state index contributed by atoms with van der Waals surface area (Å²) in [5, 5.41) is 33.4. The van der Waals surface area contributed by atoms with Gasteiger partial charge in [0.2, 0.25) is 11.8 Å². The Morgan fingerprint density at radius 3 is 2.46 bits per heavy atom. The molecule has 4 N–H and O–H groups in total. The van der Waals surface area contributed by atoms with Crippen LogP contribution in [0.15, 0.2) is 91.5 Å². The highest BCUT2D eigenvalue weighted by molar-refractivity contribution is 6.33. The number of aliphatic hydroxyl groups is 1. The van der Waals surface area contributed by atoms with E-state index in [1.165, 1.54) is 23.9 Å². The number of pyridine rings is 1. The highest BCUT2D eigenvalue weighted by Crippen LogP contribution is 2.51. The van der Waals surface area contributed by atoms with Gasteiger partial charge in [-0.2, -0.15) is 28.2 Å². The van der Waals surface area contributed by atoms with Crippen LogP contribution < -0.4 is 25.0 Å². The number of nitrogens with zero attached hydrogens (tertiary/aromatic N) is 9. The number of hydrogen-bond donors (Lipinski definition) is 4. The van der Waals surface area contributed by atoms with Crippen LogP contribution in [0.4, 0.5) is 23.4 Å². The third-order valence-electron chi connectivity index (χ3n) is 16.2. The largest absolute Gasteiger partial charge is 0.486 e. The second-order valence-corrected chi connectivity index (χ2v) is 22.2. The van der Waals surface area contributed by atoms with Gasteiger partial charge in [0.15, 0.2) is 5.75 Å². The van der Waals surface area contributed by atoms with E-state index in [2.05, 4.69) is 36.1 Å². The van der Waals surface area contributed by atoms with Crippen LogP contribution in [0.5, 0.6) is 11.8 Å². The molecule has 12 rings (SSSR count). The summed E-state index contributed by atoms with van der Waals surface area (Å²) in [6.45, 7) is 7.01. The van der Waals surface area contributed by atoms with Crippen LogP contribution in [0.25, 0.3) is 55.3 Å². The Kier molecular flexibility index (Phi) is 15.0. The Balaban J connectivity index is 0.828. The van der Waals surface area contributed by atoms with Crippen molar-refractivity contribution >= 4 is 51.0 Å². The molecule has 4 aromatic heterocycles. The minimum atomic E-state index is -4.96. The molecule has 4 aromatic carbocycles. The summed E-state index contributed by atoms with van der Waals surface area (Å²) in [5.74, 6) is -1.64. The van der Waals surface area contributed by atoms with Gasteiger partial charge in [-0.15, -0.1) is 5.10 Å². The maximum atomic E-state index is 16.0. The molecule has 0 saturated carbocycles. The van der Waals surface area contributed by atoms with Gasteiger partial charge in [-0.05, 0) is 72.6 Å². The average Bonchev–Trinajstić information content (AvgIpc) is 4.49. The van der Waals surface area contributed by atoms with Gasteiger partial charge in [0.05, 0.1) is 54.4 Å². The molecule has 4 aliphatic rings. The van der Waals surface area contributed by atoms with Crippen LogP contribution in [0.2, 0.25) is 5.02 Å². The van der Waals surface area contributed by atoms with Crippen LogP contribution in [0.1, 0.15) is 80.3 Å². The van der Waals surface area contributed by atoms with Gasteiger partial charge >= 0.3 is 12.2 Å². The number of H-pyrrole nitrogens is 1. The molecule has 4 fully saturated rings. The van der Waals surface area contributed by atoms with Crippen LogP contribution in [0.3, 0.4) is 0 Å². The van der Waals surface area contributed by atoms with Gasteiger partial charge in [0.25, 0.3) is 0 Å². The zero-order chi connectivity index (χ0) is 57.0. The van der Waals surface area contributed by atoms with Crippen molar-refractivity contribution < 1.29 is 46.5 Å². The van der Waals surface area contributed by atoms with E-state index in [4.69, 9.17) is 35.8 Å². The van der Waals surface area contributed by atoms with Crippen LogP contribution >= 0.6 is 11.6 Å². The van der Waals surface area contributed by atoms with E-state index in [1.807, 2.05) is 43.0 Å². The lowest BCUT2D eigenvalue weighted by atomic mass is 9.90. The summed E-state index contributed by atoms with van der Waals surface area (Å²) < 4.78 is 83.9. The summed E-state index contributed by atoms with van der Waals surface area (Å²) in [6, 6.07) is 16.2. The second-order valence-electron chi connectivity index (χ2n) is 21.8. The maximum Gasteiger partial charge on any atom is 0.417 e. The average molecular weight is 1140 g/mol. The lowest BCUT2D eigenvalue weighted by Crippen LogP contribution is -2.50. The summed E-state index contributed by atoms with van der Waals surface area (Å²) >= 11 is 6.37. The summed E-state index contributed by atoms with van der Waals surface area (Å²) in [5.41, 5.74) is 2.67. The number of rotatable bonds is 16. The minimum Gasteiger partial charge on any atom is -0.486 e. The van der Waals surface area contributed by atoms with Crippen molar-refractivity contribution in [1.82, 2.24) is 55.7 Å².